The maximum absolute atomic E-state index is 13.4. The van der Waals surface area contributed by atoms with Crippen LogP contribution in [0.3, 0.4) is 0 Å². The second-order valence-electron chi connectivity index (χ2n) is 6.89. The maximum Gasteiger partial charge on any atom is 0.360 e. The molecule has 2 aromatic heterocycles. The summed E-state index contributed by atoms with van der Waals surface area (Å²) in [7, 11) is 1.51. The summed E-state index contributed by atoms with van der Waals surface area (Å²) in [6, 6.07) is 14.8. The monoisotopic (exact) mass is 448 g/mol. The average molecular weight is 448 g/mol. The second-order valence-corrected chi connectivity index (χ2v) is 6.89. The van der Waals surface area contributed by atoms with Gasteiger partial charge in [0, 0.05) is 5.56 Å². The second kappa shape index (κ2) is 8.91. The highest BCUT2D eigenvalue weighted by atomic mass is 16.5. The Morgan fingerprint density at radius 3 is 2.39 bits per heavy atom. The van der Waals surface area contributed by atoms with Crippen molar-refractivity contribution in [2.24, 2.45) is 0 Å². The van der Waals surface area contributed by atoms with E-state index < -0.39 is 23.4 Å². The first-order chi connectivity index (χ1) is 16.0. The quantitative estimate of drug-likeness (QED) is 0.322. The van der Waals surface area contributed by atoms with Crippen LogP contribution >= 0.6 is 0 Å². The van der Waals surface area contributed by atoms with Gasteiger partial charge in [-0.15, -0.1) is 0 Å². The van der Waals surface area contributed by atoms with Gasteiger partial charge in [0.2, 0.25) is 5.88 Å². The fraction of sp³-hybridized carbons (Fsp3) is 0.125. The SMILES string of the molecule is CCOC(=O)c1coc(-n2c(O)c(O)c(C(=O)c3ccc(OC)cc3)c2-c2ccccc2)n1. The Bertz CT molecular complexity index is 1300. The van der Waals surface area contributed by atoms with E-state index in [9.17, 15) is 19.8 Å². The highest BCUT2D eigenvalue weighted by Crippen LogP contribution is 2.43. The molecule has 33 heavy (non-hydrogen) atoms. The van der Waals surface area contributed by atoms with Crippen LogP contribution in [0.15, 0.2) is 65.3 Å². The van der Waals surface area contributed by atoms with Crippen LogP contribution in [0.25, 0.3) is 17.3 Å². The fourth-order valence-corrected chi connectivity index (χ4v) is 3.37. The first kappa shape index (κ1) is 21.7. The number of ketones is 1. The van der Waals surface area contributed by atoms with Crippen molar-refractivity contribution in [3.05, 3.63) is 77.7 Å². The van der Waals surface area contributed by atoms with Crippen molar-refractivity contribution in [3.8, 4) is 34.7 Å². The van der Waals surface area contributed by atoms with E-state index in [4.69, 9.17) is 13.9 Å². The highest BCUT2D eigenvalue weighted by Gasteiger charge is 2.32. The molecule has 0 spiro atoms. The molecule has 0 aliphatic rings. The molecule has 168 valence electrons. The molecule has 9 heteroatoms. The summed E-state index contributed by atoms with van der Waals surface area (Å²) in [5.74, 6) is -2.00. The molecule has 0 saturated heterocycles. The smallest absolute Gasteiger partial charge is 0.360 e. The molecule has 4 aromatic rings. The van der Waals surface area contributed by atoms with E-state index in [0.717, 1.165) is 10.8 Å². The number of esters is 1. The van der Waals surface area contributed by atoms with Gasteiger partial charge in [0.15, 0.2) is 17.2 Å². The molecule has 0 atom stereocenters. The standard InChI is InChI=1S/C24H20N2O7/c1-3-32-23(30)17-13-33-24(25-17)26-19(14-7-5-4-6-8-14)18(21(28)22(26)29)20(27)15-9-11-16(31-2)12-10-15/h4-13,28-29H,3H2,1-2H3. The number of hydrogen-bond donors (Lipinski definition) is 2. The fourth-order valence-electron chi connectivity index (χ4n) is 3.37. The molecule has 4 rings (SSSR count). The van der Waals surface area contributed by atoms with Crippen molar-refractivity contribution in [3.63, 3.8) is 0 Å². The molecule has 9 nitrogen and oxygen atoms in total. The summed E-state index contributed by atoms with van der Waals surface area (Å²) in [4.78, 5) is 29.5. The van der Waals surface area contributed by atoms with Crippen LogP contribution in [-0.2, 0) is 4.74 Å². The highest BCUT2D eigenvalue weighted by molar-refractivity contribution is 6.15. The normalized spacial score (nSPS) is 10.7. The summed E-state index contributed by atoms with van der Waals surface area (Å²) in [6.07, 6.45) is 1.07. The molecule has 2 heterocycles. The Labute approximate surface area is 188 Å². The molecule has 0 saturated carbocycles. The van der Waals surface area contributed by atoms with Gasteiger partial charge in [0.1, 0.15) is 12.0 Å². The number of ether oxygens (including phenoxy) is 2. The lowest BCUT2D eigenvalue weighted by molar-refractivity contribution is 0.0519. The molecule has 2 aromatic carbocycles. The molecule has 0 radical (unpaired) electrons. The van der Waals surface area contributed by atoms with Crippen LogP contribution < -0.4 is 4.74 Å². The minimum Gasteiger partial charge on any atom is -0.503 e. The lowest BCUT2D eigenvalue weighted by atomic mass is 9.99. The molecule has 0 fully saturated rings. The molecule has 0 amide bonds. The summed E-state index contributed by atoms with van der Waals surface area (Å²) in [5.41, 5.74) is 0.630. The van der Waals surface area contributed by atoms with Gasteiger partial charge in [0.05, 0.1) is 25.0 Å². The molecular weight excluding hydrogens is 428 g/mol. The number of carbonyl (C=O) groups excluding carboxylic acids is 2. The number of methoxy groups -OCH3 is 1. The van der Waals surface area contributed by atoms with Crippen LogP contribution in [-0.4, -0.2) is 45.2 Å². The van der Waals surface area contributed by atoms with Gasteiger partial charge < -0.3 is 24.1 Å². The Morgan fingerprint density at radius 1 is 1.06 bits per heavy atom. The zero-order valence-corrected chi connectivity index (χ0v) is 17.8. The van der Waals surface area contributed by atoms with Crippen molar-refractivity contribution >= 4 is 11.8 Å². The van der Waals surface area contributed by atoms with Crippen molar-refractivity contribution in [2.45, 2.75) is 6.92 Å². The van der Waals surface area contributed by atoms with E-state index in [1.54, 1.807) is 61.5 Å². The number of oxazole rings is 1. The lowest BCUT2D eigenvalue weighted by Crippen LogP contribution is -2.07. The minimum absolute atomic E-state index is 0.124. The van der Waals surface area contributed by atoms with E-state index in [0.29, 0.717) is 11.3 Å². The van der Waals surface area contributed by atoms with Gasteiger partial charge in [-0.3, -0.25) is 4.79 Å². The number of rotatable bonds is 7. The van der Waals surface area contributed by atoms with Gasteiger partial charge in [-0.25, -0.2) is 9.36 Å². The van der Waals surface area contributed by atoms with Crippen LogP contribution in [0.1, 0.15) is 33.3 Å². The van der Waals surface area contributed by atoms with E-state index in [1.165, 1.54) is 7.11 Å². The summed E-state index contributed by atoms with van der Waals surface area (Å²) in [6.45, 7) is 1.80. The van der Waals surface area contributed by atoms with Crippen LogP contribution in [0, 0.1) is 0 Å². The molecule has 0 unspecified atom stereocenters. The van der Waals surface area contributed by atoms with Crippen molar-refractivity contribution in [2.75, 3.05) is 13.7 Å². The van der Waals surface area contributed by atoms with Crippen LogP contribution in [0.5, 0.6) is 17.4 Å². The third kappa shape index (κ3) is 3.91. The van der Waals surface area contributed by atoms with E-state index in [2.05, 4.69) is 4.98 Å². The van der Waals surface area contributed by atoms with E-state index in [-0.39, 0.29) is 35.1 Å². The maximum atomic E-state index is 13.4. The molecule has 0 aliphatic heterocycles. The van der Waals surface area contributed by atoms with Crippen molar-refractivity contribution in [1.29, 1.82) is 0 Å². The van der Waals surface area contributed by atoms with Gasteiger partial charge in [-0.2, -0.15) is 4.98 Å². The number of benzene rings is 2. The zero-order chi connectivity index (χ0) is 23.5. The van der Waals surface area contributed by atoms with Crippen LogP contribution in [0.4, 0.5) is 0 Å². The Kier molecular flexibility index (Phi) is 5.86. The van der Waals surface area contributed by atoms with E-state index >= 15 is 0 Å². The summed E-state index contributed by atoms with van der Waals surface area (Å²) < 4.78 is 16.5. The van der Waals surface area contributed by atoms with Crippen molar-refractivity contribution in [1.82, 2.24) is 9.55 Å². The number of aromatic nitrogens is 2. The number of aromatic hydroxyl groups is 2. The lowest BCUT2D eigenvalue weighted by Gasteiger charge is -2.09. The summed E-state index contributed by atoms with van der Waals surface area (Å²) in [5, 5.41) is 21.5. The van der Waals surface area contributed by atoms with Gasteiger partial charge in [0.25, 0.3) is 0 Å². The molecule has 0 bridgehead atoms. The topological polar surface area (TPSA) is 124 Å². The van der Waals surface area contributed by atoms with Gasteiger partial charge >= 0.3 is 12.0 Å². The average Bonchev–Trinajstić information content (AvgIpc) is 3.43. The Hall–Kier alpha value is -4.53. The third-order valence-corrected chi connectivity index (χ3v) is 4.92. The van der Waals surface area contributed by atoms with E-state index in [1.807, 2.05) is 0 Å². The Balaban J connectivity index is 1.91. The minimum atomic E-state index is -0.709. The Morgan fingerprint density at radius 2 is 1.76 bits per heavy atom. The molecule has 0 aliphatic carbocycles. The first-order valence-corrected chi connectivity index (χ1v) is 10.00. The predicted molar refractivity (Wildman–Crippen MR) is 117 cm³/mol. The van der Waals surface area contributed by atoms with Crippen LogP contribution in [0.2, 0.25) is 0 Å². The third-order valence-electron chi connectivity index (χ3n) is 4.92. The number of carbonyl (C=O) groups is 2. The summed E-state index contributed by atoms with van der Waals surface area (Å²) >= 11 is 0. The zero-order valence-electron chi connectivity index (χ0n) is 17.8. The van der Waals surface area contributed by atoms with Gasteiger partial charge in [-0.1, -0.05) is 30.3 Å². The number of nitrogens with zero attached hydrogens (tertiary/aromatic N) is 2. The largest absolute Gasteiger partial charge is 0.503 e. The molecular formula is C24H20N2O7. The van der Waals surface area contributed by atoms with Gasteiger partial charge in [-0.05, 0) is 36.8 Å². The first-order valence-electron chi connectivity index (χ1n) is 10.00. The van der Waals surface area contributed by atoms with Crippen molar-refractivity contribution < 1.29 is 33.7 Å². The predicted octanol–water partition coefficient (Wildman–Crippen LogP) is 3.96. The molecule has 2 N–H and O–H groups in total. The number of hydrogen-bond acceptors (Lipinski definition) is 8.